The second-order valence-corrected chi connectivity index (χ2v) is 4.64. The summed E-state index contributed by atoms with van der Waals surface area (Å²) in [7, 11) is 0. The van der Waals surface area contributed by atoms with Crippen LogP contribution in [-0.4, -0.2) is 33.6 Å². The van der Waals surface area contributed by atoms with Crippen LogP contribution in [0.4, 0.5) is 5.82 Å². The first kappa shape index (κ1) is 11.8. The second kappa shape index (κ2) is 4.69. The summed E-state index contributed by atoms with van der Waals surface area (Å²) >= 11 is 0. The van der Waals surface area contributed by atoms with Gasteiger partial charge in [-0.1, -0.05) is 6.92 Å². The Labute approximate surface area is 100 Å². The summed E-state index contributed by atoms with van der Waals surface area (Å²) in [5, 5.41) is 9.29. The standard InChI is InChI=1S/C12H17N3O2/c1-8-3-6-15(10(7-8)12(16)17)11-9(2)13-4-5-14-11/h4-5,8,10H,3,6-7H2,1-2H3,(H,16,17). The number of hydrogen-bond acceptors (Lipinski definition) is 4. The molecule has 1 aliphatic heterocycles. The van der Waals surface area contributed by atoms with E-state index in [0.29, 0.717) is 18.2 Å². The lowest BCUT2D eigenvalue weighted by atomic mass is 9.92. The highest BCUT2D eigenvalue weighted by Gasteiger charge is 2.33. The van der Waals surface area contributed by atoms with Crippen LogP contribution in [0.5, 0.6) is 0 Å². The number of nitrogens with zero attached hydrogens (tertiary/aromatic N) is 3. The molecule has 1 aromatic rings. The van der Waals surface area contributed by atoms with E-state index in [1.807, 2.05) is 11.8 Å². The van der Waals surface area contributed by atoms with Crippen LogP contribution in [0, 0.1) is 12.8 Å². The van der Waals surface area contributed by atoms with Crippen molar-refractivity contribution in [1.82, 2.24) is 9.97 Å². The molecule has 2 rings (SSSR count). The molecule has 17 heavy (non-hydrogen) atoms. The molecule has 92 valence electrons. The Hall–Kier alpha value is -1.65. The van der Waals surface area contributed by atoms with Gasteiger partial charge in [-0.2, -0.15) is 0 Å². The number of carboxylic acid groups (broad SMARTS) is 1. The number of rotatable bonds is 2. The van der Waals surface area contributed by atoms with Crippen LogP contribution < -0.4 is 4.90 Å². The summed E-state index contributed by atoms with van der Waals surface area (Å²) in [5.41, 5.74) is 0.785. The molecule has 2 atom stereocenters. The third-order valence-electron chi connectivity index (χ3n) is 3.28. The molecular formula is C12H17N3O2. The molecule has 1 N–H and O–H groups in total. The smallest absolute Gasteiger partial charge is 0.326 e. The number of carbonyl (C=O) groups is 1. The molecule has 0 aliphatic carbocycles. The largest absolute Gasteiger partial charge is 0.480 e. The van der Waals surface area contributed by atoms with Gasteiger partial charge in [0.2, 0.25) is 0 Å². The van der Waals surface area contributed by atoms with Crippen molar-refractivity contribution in [2.24, 2.45) is 5.92 Å². The zero-order valence-corrected chi connectivity index (χ0v) is 10.1. The molecule has 0 spiro atoms. The van der Waals surface area contributed by atoms with Crippen molar-refractivity contribution in [2.45, 2.75) is 32.7 Å². The van der Waals surface area contributed by atoms with Crippen molar-refractivity contribution >= 4 is 11.8 Å². The zero-order valence-electron chi connectivity index (χ0n) is 10.1. The van der Waals surface area contributed by atoms with E-state index in [4.69, 9.17) is 0 Å². The highest BCUT2D eigenvalue weighted by molar-refractivity contribution is 5.78. The first-order valence-corrected chi connectivity index (χ1v) is 5.86. The number of aliphatic carboxylic acids is 1. The van der Waals surface area contributed by atoms with Gasteiger partial charge in [-0.15, -0.1) is 0 Å². The summed E-state index contributed by atoms with van der Waals surface area (Å²) in [6.45, 7) is 4.69. The van der Waals surface area contributed by atoms with Crippen LogP contribution in [0.2, 0.25) is 0 Å². The van der Waals surface area contributed by atoms with Gasteiger partial charge in [0.15, 0.2) is 5.82 Å². The molecule has 0 radical (unpaired) electrons. The maximum atomic E-state index is 11.3. The molecule has 0 aromatic carbocycles. The average Bonchev–Trinajstić information content (AvgIpc) is 2.30. The van der Waals surface area contributed by atoms with Crippen LogP contribution in [0.25, 0.3) is 0 Å². The SMILES string of the molecule is Cc1nccnc1N1CCC(C)CC1C(=O)O. The minimum absolute atomic E-state index is 0.448. The molecule has 2 heterocycles. The van der Waals surface area contributed by atoms with Gasteiger partial charge in [0.05, 0.1) is 5.69 Å². The van der Waals surface area contributed by atoms with Gasteiger partial charge in [-0.25, -0.2) is 9.78 Å². The summed E-state index contributed by atoms with van der Waals surface area (Å²) in [6.07, 6.45) is 4.91. The molecular weight excluding hydrogens is 218 g/mol. The molecule has 0 bridgehead atoms. The van der Waals surface area contributed by atoms with Gasteiger partial charge in [0.1, 0.15) is 6.04 Å². The monoisotopic (exact) mass is 235 g/mol. The number of anilines is 1. The molecule has 2 unspecified atom stereocenters. The van der Waals surface area contributed by atoms with E-state index in [-0.39, 0.29) is 0 Å². The fourth-order valence-corrected chi connectivity index (χ4v) is 2.31. The van der Waals surface area contributed by atoms with E-state index in [1.54, 1.807) is 12.4 Å². The van der Waals surface area contributed by atoms with Gasteiger partial charge in [-0.05, 0) is 25.7 Å². The molecule has 0 saturated carbocycles. The highest BCUT2D eigenvalue weighted by atomic mass is 16.4. The molecule has 0 amide bonds. The molecule has 1 fully saturated rings. The van der Waals surface area contributed by atoms with Crippen molar-refractivity contribution < 1.29 is 9.90 Å². The van der Waals surface area contributed by atoms with Gasteiger partial charge < -0.3 is 10.0 Å². The van der Waals surface area contributed by atoms with Crippen molar-refractivity contribution in [1.29, 1.82) is 0 Å². The lowest BCUT2D eigenvalue weighted by Crippen LogP contribution is -2.47. The predicted octanol–water partition coefficient (Wildman–Crippen LogP) is 1.47. The van der Waals surface area contributed by atoms with Crippen molar-refractivity contribution in [3.63, 3.8) is 0 Å². The molecule has 5 heteroatoms. The number of carboxylic acids is 1. The Kier molecular flexibility index (Phi) is 3.26. The normalized spacial score (nSPS) is 24.7. The van der Waals surface area contributed by atoms with E-state index < -0.39 is 12.0 Å². The first-order valence-electron chi connectivity index (χ1n) is 5.86. The van der Waals surface area contributed by atoms with Crippen molar-refractivity contribution in [3.8, 4) is 0 Å². The van der Waals surface area contributed by atoms with E-state index in [2.05, 4.69) is 16.9 Å². The molecule has 1 aromatic heterocycles. The summed E-state index contributed by atoms with van der Waals surface area (Å²) in [6, 6.07) is -0.478. The lowest BCUT2D eigenvalue weighted by molar-refractivity contribution is -0.139. The van der Waals surface area contributed by atoms with E-state index in [1.165, 1.54) is 0 Å². The maximum Gasteiger partial charge on any atom is 0.326 e. The fraction of sp³-hybridized carbons (Fsp3) is 0.583. The first-order chi connectivity index (χ1) is 8.09. The maximum absolute atomic E-state index is 11.3. The van der Waals surface area contributed by atoms with Crippen molar-refractivity contribution in [2.75, 3.05) is 11.4 Å². The number of aromatic nitrogens is 2. The Balaban J connectivity index is 2.30. The van der Waals surface area contributed by atoms with Gasteiger partial charge >= 0.3 is 5.97 Å². The zero-order chi connectivity index (χ0) is 12.4. The van der Waals surface area contributed by atoms with Gasteiger partial charge in [0, 0.05) is 18.9 Å². The fourth-order valence-electron chi connectivity index (χ4n) is 2.31. The average molecular weight is 235 g/mol. The van der Waals surface area contributed by atoms with Crippen LogP contribution in [0.1, 0.15) is 25.5 Å². The van der Waals surface area contributed by atoms with Crippen LogP contribution >= 0.6 is 0 Å². The summed E-state index contributed by atoms with van der Waals surface area (Å²) < 4.78 is 0. The van der Waals surface area contributed by atoms with E-state index >= 15 is 0 Å². The number of aryl methyl sites for hydroxylation is 1. The van der Waals surface area contributed by atoms with Crippen LogP contribution in [0.15, 0.2) is 12.4 Å². The van der Waals surface area contributed by atoms with Crippen LogP contribution in [-0.2, 0) is 4.79 Å². The molecule has 5 nitrogen and oxygen atoms in total. The van der Waals surface area contributed by atoms with E-state index in [0.717, 1.165) is 18.7 Å². The third kappa shape index (κ3) is 2.38. The summed E-state index contributed by atoms with van der Waals surface area (Å²) in [5.74, 6) is 0.373. The quantitative estimate of drug-likeness (QED) is 0.841. The topological polar surface area (TPSA) is 66.3 Å². The Morgan fingerprint density at radius 3 is 2.82 bits per heavy atom. The third-order valence-corrected chi connectivity index (χ3v) is 3.28. The second-order valence-electron chi connectivity index (χ2n) is 4.64. The number of hydrogen-bond donors (Lipinski definition) is 1. The Morgan fingerprint density at radius 2 is 2.18 bits per heavy atom. The molecule has 1 saturated heterocycles. The highest BCUT2D eigenvalue weighted by Crippen LogP contribution is 2.27. The number of piperidine rings is 1. The minimum atomic E-state index is -0.776. The predicted molar refractivity (Wildman–Crippen MR) is 63.9 cm³/mol. The molecule has 1 aliphatic rings. The minimum Gasteiger partial charge on any atom is -0.480 e. The lowest BCUT2D eigenvalue weighted by Gasteiger charge is -2.37. The van der Waals surface area contributed by atoms with Crippen molar-refractivity contribution in [3.05, 3.63) is 18.1 Å². The Morgan fingerprint density at radius 1 is 1.47 bits per heavy atom. The summed E-state index contributed by atoms with van der Waals surface area (Å²) in [4.78, 5) is 21.6. The van der Waals surface area contributed by atoms with Gasteiger partial charge in [0.25, 0.3) is 0 Å². The van der Waals surface area contributed by atoms with Gasteiger partial charge in [-0.3, -0.25) is 4.98 Å². The van der Waals surface area contributed by atoms with Crippen LogP contribution in [0.3, 0.4) is 0 Å². The Bertz CT molecular complexity index is 422. The van der Waals surface area contributed by atoms with E-state index in [9.17, 15) is 9.90 Å².